The topological polar surface area (TPSA) is 128 Å². The minimum atomic E-state index is -3.67. The number of nitrogens with zero attached hydrogens (tertiary/aromatic N) is 5. The highest BCUT2D eigenvalue weighted by molar-refractivity contribution is 7.88. The molecule has 0 aliphatic carbocycles. The molecule has 11 nitrogen and oxygen atoms in total. The molecule has 3 aromatic carbocycles. The van der Waals surface area contributed by atoms with Gasteiger partial charge < -0.3 is 9.64 Å². The largest absolute Gasteiger partial charge is 0.481 e. The second-order valence-corrected chi connectivity index (χ2v) is 11.8. The maximum atomic E-state index is 13.6. The van der Waals surface area contributed by atoms with Gasteiger partial charge in [0.05, 0.1) is 22.6 Å². The summed E-state index contributed by atoms with van der Waals surface area (Å²) in [5, 5.41) is 15.7. The van der Waals surface area contributed by atoms with Crippen LogP contribution in [0.1, 0.15) is 11.1 Å². The van der Waals surface area contributed by atoms with Gasteiger partial charge in [-0.2, -0.15) is 14.1 Å². The Labute approximate surface area is 241 Å². The molecule has 0 unspecified atom stereocenters. The Morgan fingerprint density at radius 1 is 0.927 bits per heavy atom. The number of anilines is 1. The van der Waals surface area contributed by atoms with E-state index in [0.29, 0.717) is 35.1 Å². The first-order valence-electron chi connectivity index (χ1n) is 12.7. The van der Waals surface area contributed by atoms with Crippen molar-refractivity contribution in [3.05, 3.63) is 122 Å². The average Bonchev–Trinajstić information content (AvgIpc) is 2.97. The lowest BCUT2D eigenvalue weighted by Gasteiger charge is -2.35. The van der Waals surface area contributed by atoms with Crippen molar-refractivity contribution in [1.29, 1.82) is 0 Å². The van der Waals surface area contributed by atoms with Crippen molar-refractivity contribution in [2.24, 2.45) is 0 Å². The average molecular weight is 596 g/mol. The molecule has 1 aliphatic rings. The normalized spacial score (nSPS) is 14.1. The molecule has 2 heterocycles. The van der Waals surface area contributed by atoms with Crippen LogP contribution in [0, 0.1) is 10.1 Å². The Morgan fingerprint density at radius 2 is 1.63 bits per heavy atom. The smallest absolute Gasteiger partial charge is 0.316 e. The van der Waals surface area contributed by atoms with Gasteiger partial charge in [-0.3, -0.25) is 14.9 Å². The van der Waals surface area contributed by atoms with Gasteiger partial charge in [0.1, 0.15) is 12.3 Å². The molecule has 1 aromatic heterocycles. The molecule has 0 atom stereocenters. The van der Waals surface area contributed by atoms with E-state index in [1.807, 2.05) is 35.2 Å². The number of non-ortho nitro benzene ring substituents is 1. The zero-order valence-electron chi connectivity index (χ0n) is 21.8. The van der Waals surface area contributed by atoms with E-state index in [1.165, 1.54) is 33.3 Å². The maximum Gasteiger partial charge on any atom is 0.316 e. The Bertz CT molecular complexity index is 1710. The van der Waals surface area contributed by atoms with Gasteiger partial charge in [0.15, 0.2) is 0 Å². The van der Waals surface area contributed by atoms with Crippen molar-refractivity contribution in [2.75, 3.05) is 31.1 Å². The first-order valence-corrected chi connectivity index (χ1v) is 14.7. The van der Waals surface area contributed by atoms with E-state index < -0.39 is 20.5 Å². The third-order valence-corrected chi connectivity index (χ3v) is 8.75. The maximum absolute atomic E-state index is 13.6. The van der Waals surface area contributed by atoms with E-state index >= 15 is 0 Å². The van der Waals surface area contributed by atoms with Crippen LogP contribution >= 0.6 is 11.6 Å². The van der Waals surface area contributed by atoms with Gasteiger partial charge >= 0.3 is 5.56 Å². The molecule has 0 amide bonds. The standard InChI is InChI=1S/C28H26ClN5O6S/c29-23-7-4-8-25(17-23)33-28(35)27(40-19-21-5-2-1-3-6-21)26(18-30-33)31-13-15-32(16-14-31)41(38,39)20-22-9-11-24(12-10-22)34(36)37/h1-12,17-18H,13-16,19-20H2. The summed E-state index contributed by atoms with van der Waals surface area (Å²) in [6, 6.07) is 21.7. The number of nitro groups is 1. The quantitative estimate of drug-likeness (QED) is 0.210. The molecule has 0 N–H and O–H groups in total. The number of ether oxygens (including phenoxy) is 1. The van der Waals surface area contributed by atoms with E-state index in [9.17, 15) is 23.3 Å². The van der Waals surface area contributed by atoms with Crippen LogP contribution < -0.4 is 15.2 Å². The van der Waals surface area contributed by atoms with Crippen LogP contribution in [-0.4, -0.2) is 53.6 Å². The molecule has 0 saturated carbocycles. The highest BCUT2D eigenvalue weighted by atomic mass is 35.5. The number of halogens is 1. The monoisotopic (exact) mass is 595 g/mol. The van der Waals surface area contributed by atoms with Crippen LogP contribution in [0.4, 0.5) is 11.4 Å². The number of rotatable bonds is 9. The first kappa shape index (κ1) is 28.3. The van der Waals surface area contributed by atoms with Gasteiger partial charge in [-0.1, -0.05) is 60.1 Å². The zero-order chi connectivity index (χ0) is 29.0. The van der Waals surface area contributed by atoms with Crippen LogP contribution in [0.5, 0.6) is 5.75 Å². The molecule has 1 aliphatic heterocycles. The number of aromatic nitrogens is 2. The second kappa shape index (κ2) is 12.1. The molecule has 4 aromatic rings. The van der Waals surface area contributed by atoms with Gasteiger partial charge in [0.25, 0.3) is 5.69 Å². The Hall–Kier alpha value is -4.26. The fourth-order valence-electron chi connectivity index (χ4n) is 4.53. The Kier molecular flexibility index (Phi) is 8.34. The van der Waals surface area contributed by atoms with Gasteiger partial charge in [0.2, 0.25) is 15.8 Å². The SMILES string of the molecule is O=c1c(OCc2ccccc2)c(N2CCN(S(=O)(=O)Cc3ccc([N+](=O)[O-])cc3)CC2)cnn1-c1cccc(Cl)c1. The molecule has 0 spiro atoms. The molecule has 0 radical (unpaired) electrons. The predicted octanol–water partition coefficient (Wildman–Crippen LogP) is 4.03. The summed E-state index contributed by atoms with van der Waals surface area (Å²) in [5.74, 6) is -0.167. The van der Waals surface area contributed by atoms with E-state index in [0.717, 1.165) is 5.56 Å². The van der Waals surface area contributed by atoms with Crippen molar-refractivity contribution in [3.8, 4) is 11.4 Å². The minimum absolute atomic E-state index is 0.101. The summed E-state index contributed by atoms with van der Waals surface area (Å²) in [5.41, 5.74) is 1.73. The van der Waals surface area contributed by atoms with Crippen LogP contribution in [-0.2, 0) is 22.4 Å². The third-order valence-electron chi connectivity index (χ3n) is 6.66. The fraction of sp³-hybridized carbons (Fsp3) is 0.214. The highest BCUT2D eigenvalue weighted by Gasteiger charge is 2.29. The Morgan fingerprint density at radius 3 is 2.29 bits per heavy atom. The molecule has 1 saturated heterocycles. The molecular weight excluding hydrogens is 570 g/mol. The Balaban J connectivity index is 1.36. The van der Waals surface area contributed by atoms with Gasteiger partial charge in [0, 0.05) is 43.3 Å². The molecule has 5 rings (SSSR count). The number of benzene rings is 3. The lowest BCUT2D eigenvalue weighted by Crippen LogP contribution is -2.49. The van der Waals surface area contributed by atoms with Crippen molar-refractivity contribution in [2.45, 2.75) is 12.4 Å². The summed E-state index contributed by atoms with van der Waals surface area (Å²) in [6.45, 7) is 1.15. The first-order chi connectivity index (χ1) is 19.7. The molecule has 41 heavy (non-hydrogen) atoms. The molecule has 1 fully saturated rings. The van der Waals surface area contributed by atoms with Gasteiger partial charge in [-0.05, 0) is 29.3 Å². The lowest BCUT2D eigenvalue weighted by molar-refractivity contribution is -0.384. The number of nitro benzene ring substituents is 1. The predicted molar refractivity (Wildman–Crippen MR) is 155 cm³/mol. The van der Waals surface area contributed by atoms with E-state index in [-0.39, 0.29) is 36.9 Å². The van der Waals surface area contributed by atoms with Crippen LogP contribution in [0.15, 0.2) is 89.9 Å². The fourth-order valence-corrected chi connectivity index (χ4v) is 6.24. The molecule has 0 bridgehead atoms. The van der Waals surface area contributed by atoms with Crippen molar-refractivity contribution < 1.29 is 18.1 Å². The second-order valence-electron chi connectivity index (χ2n) is 9.40. The summed E-state index contributed by atoms with van der Waals surface area (Å²) in [7, 11) is -3.67. The lowest BCUT2D eigenvalue weighted by atomic mass is 10.2. The number of sulfonamides is 1. The third kappa shape index (κ3) is 6.56. The van der Waals surface area contributed by atoms with Crippen molar-refractivity contribution in [3.63, 3.8) is 0 Å². The van der Waals surface area contributed by atoms with E-state index in [4.69, 9.17) is 16.3 Å². The van der Waals surface area contributed by atoms with Gasteiger partial charge in [-0.25, -0.2) is 8.42 Å². The minimum Gasteiger partial charge on any atom is -0.481 e. The highest BCUT2D eigenvalue weighted by Crippen LogP contribution is 2.27. The number of piperazine rings is 1. The van der Waals surface area contributed by atoms with E-state index in [2.05, 4.69) is 5.10 Å². The zero-order valence-corrected chi connectivity index (χ0v) is 23.4. The molecular formula is C28H26ClN5O6S. The molecule has 13 heteroatoms. The summed E-state index contributed by atoms with van der Waals surface area (Å²) in [6.07, 6.45) is 1.55. The van der Waals surface area contributed by atoms with E-state index in [1.54, 1.807) is 30.5 Å². The van der Waals surface area contributed by atoms with Gasteiger partial charge in [-0.15, -0.1) is 0 Å². The van der Waals surface area contributed by atoms with Crippen LogP contribution in [0.3, 0.4) is 0 Å². The molecule has 212 valence electrons. The number of hydrogen-bond acceptors (Lipinski definition) is 8. The van der Waals surface area contributed by atoms with Crippen molar-refractivity contribution >= 4 is 33.0 Å². The van der Waals surface area contributed by atoms with Crippen LogP contribution in [0.25, 0.3) is 5.69 Å². The van der Waals surface area contributed by atoms with Crippen LogP contribution in [0.2, 0.25) is 5.02 Å². The summed E-state index contributed by atoms with van der Waals surface area (Å²) >= 11 is 6.14. The number of hydrogen-bond donors (Lipinski definition) is 0. The van der Waals surface area contributed by atoms with Crippen molar-refractivity contribution in [1.82, 2.24) is 14.1 Å². The summed E-state index contributed by atoms with van der Waals surface area (Å²) < 4.78 is 34.9. The summed E-state index contributed by atoms with van der Waals surface area (Å²) in [4.78, 5) is 25.9.